The fourth-order valence-corrected chi connectivity index (χ4v) is 1.97. The van der Waals surface area contributed by atoms with Crippen LogP contribution < -0.4 is 15.8 Å². The van der Waals surface area contributed by atoms with Gasteiger partial charge < -0.3 is 10.6 Å². The molecule has 0 unspecified atom stereocenters. The van der Waals surface area contributed by atoms with Gasteiger partial charge in [0.2, 0.25) is 10.0 Å². The third kappa shape index (κ3) is 6.67. The summed E-state index contributed by atoms with van der Waals surface area (Å²) in [6.07, 6.45) is 2.74. The molecule has 0 aromatic carbocycles. The number of hydrogen-bond donors (Lipinski definition) is 3. The molecule has 0 aliphatic carbocycles. The third-order valence-corrected chi connectivity index (χ3v) is 3.27. The van der Waals surface area contributed by atoms with E-state index in [4.69, 9.17) is 5.14 Å². The van der Waals surface area contributed by atoms with Crippen LogP contribution in [0.4, 0.5) is 11.6 Å². The highest BCUT2D eigenvalue weighted by molar-refractivity contribution is 7.89. The first-order valence-electron chi connectivity index (χ1n) is 6.80. The van der Waals surface area contributed by atoms with Crippen LogP contribution in [0.1, 0.15) is 32.5 Å². The lowest BCUT2D eigenvalue weighted by Gasteiger charge is -2.10. The van der Waals surface area contributed by atoms with E-state index in [1.165, 1.54) is 0 Å². The molecule has 0 aliphatic rings. The predicted octanol–water partition coefficient (Wildman–Crippen LogP) is 0.951. The molecule has 7 nitrogen and oxygen atoms in total. The Morgan fingerprint density at radius 3 is 2.20 bits per heavy atom. The molecule has 8 heteroatoms. The molecular formula is C12H23N5O2S. The van der Waals surface area contributed by atoms with Crippen molar-refractivity contribution < 1.29 is 8.42 Å². The molecule has 0 radical (unpaired) electrons. The summed E-state index contributed by atoms with van der Waals surface area (Å²) < 4.78 is 21.8. The molecule has 1 aromatic rings. The van der Waals surface area contributed by atoms with Crippen molar-refractivity contribution in [1.82, 2.24) is 9.97 Å². The van der Waals surface area contributed by atoms with Crippen molar-refractivity contribution >= 4 is 21.7 Å². The maximum absolute atomic E-state index is 10.9. The molecule has 4 N–H and O–H groups in total. The quantitative estimate of drug-likeness (QED) is 0.626. The number of anilines is 2. The lowest BCUT2D eigenvalue weighted by molar-refractivity contribution is 0.598. The summed E-state index contributed by atoms with van der Waals surface area (Å²) in [6.45, 7) is 5.20. The Kier molecular flexibility index (Phi) is 6.66. The second kappa shape index (κ2) is 8.01. The Labute approximate surface area is 120 Å². The fourth-order valence-electron chi connectivity index (χ4n) is 1.59. The summed E-state index contributed by atoms with van der Waals surface area (Å²) in [7, 11) is -3.46. The molecule has 0 saturated carbocycles. The lowest BCUT2D eigenvalue weighted by atomic mass is 10.3. The van der Waals surface area contributed by atoms with Gasteiger partial charge >= 0.3 is 0 Å². The van der Waals surface area contributed by atoms with Crippen molar-refractivity contribution in [3.8, 4) is 0 Å². The first kappa shape index (κ1) is 16.6. The summed E-state index contributed by atoms with van der Waals surface area (Å²) in [5.41, 5.74) is 0. The summed E-state index contributed by atoms with van der Waals surface area (Å²) in [6, 6.07) is 1.78. The molecule has 0 spiro atoms. The summed E-state index contributed by atoms with van der Waals surface area (Å²) in [4.78, 5) is 8.77. The van der Waals surface area contributed by atoms with E-state index in [0.29, 0.717) is 5.82 Å². The normalized spacial score (nSPS) is 11.3. The van der Waals surface area contributed by atoms with Gasteiger partial charge in [-0.15, -0.1) is 0 Å². The standard InChI is InChI=1S/C12H23N5O2S/c1-3-5-10-16-11(14-6-4-2)9-12(17-10)15-7-8-20(13,18)19/h9H,3-8H2,1-2H3,(H2,13,18,19)(H2,14,15,16,17). The number of rotatable bonds is 9. The van der Waals surface area contributed by atoms with Crippen molar-refractivity contribution in [2.75, 3.05) is 29.5 Å². The zero-order valence-corrected chi connectivity index (χ0v) is 12.8. The van der Waals surface area contributed by atoms with Crippen LogP contribution in [0.25, 0.3) is 0 Å². The van der Waals surface area contributed by atoms with Gasteiger partial charge in [-0.1, -0.05) is 13.8 Å². The number of nitrogens with zero attached hydrogens (tertiary/aromatic N) is 2. The molecule has 1 heterocycles. The van der Waals surface area contributed by atoms with Crippen LogP contribution >= 0.6 is 0 Å². The first-order chi connectivity index (χ1) is 9.44. The number of aryl methyl sites for hydroxylation is 1. The summed E-state index contributed by atoms with van der Waals surface area (Å²) in [5, 5.41) is 11.1. The monoisotopic (exact) mass is 301 g/mol. The topological polar surface area (TPSA) is 110 Å². The molecule has 0 fully saturated rings. The SMILES string of the molecule is CCCNc1cc(NCCS(N)(=O)=O)nc(CCC)n1. The number of nitrogens with one attached hydrogen (secondary N) is 2. The van der Waals surface area contributed by atoms with Gasteiger partial charge in [-0.05, 0) is 12.8 Å². The van der Waals surface area contributed by atoms with E-state index in [1.54, 1.807) is 6.07 Å². The summed E-state index contributed by atoms with van der Waals surface area (Å²) >= 11 is 0. The Hall–Kier alpha value is -1.41. The zero-order chi connectivity index (χ0) is 15.0. The molecule has 0 atom stereocenters. The van der Waals surface area contributed by atoms with E-state index >= 15 is 0 Å². The second-order valence-electron chi connectivity index (χ2n) is 4.53. The minimum atomic E-state index is -3.46. The smallest absolute Gasteiger partial charge is 0.210 e. The van der Waals surface area contributed by atoms with Crippen molar-refractivity contribution in [2.45, 2.75) is 33.1 Å². The highest BCUT2D eigenvalue weighted by Gasteiger charge is 2.06. The van der Waals surface area contributed by atoms with Crippen LogP contribution in [0.15, 0.2) is 6.07 Å². The largest absolute Gasteiger partial charge is 0.370 e. The van der Waals surface area contributed by atoms with Gasteiger partial charge in [0.15, 0.2) is 0 Å². The van der Waals surface area contributed by atoms with Gasteiger partial charge in [0.05, 0.1) is 5.75 Å². The lowest BCUT2D eigenvalue weighted by Crippen LogP contribution is -2.22. The van der Waals surface area contributed by atoms with Gasteiger partial charge in [-0.25, -0.2) is 23.5 Å². The van der Waals surface area contributed by atoms with Crippen LogP contribution in [0.3, 0.4) is 0 Å². The van der Waals surface area contributed by atoms with E-state index in [9.17, 15) is 8.42 Å². The molecule has 0 amide bonds. The van der Waals surface area contributed by atoms with Crippen LogP contribution in [0, 0.1) is 0 Å². The van der Waals surface area contributed by atoms with Crippen molar-refractivity contribution in [1.29, 1.82) is 0 Å². The van der Waals surface area contributed by atoms with E-state index in [0.717, 1.165) is 37.4 Å². The van der Waals surface area contributed by atoms with E-state index in [1.807, 2.05) is 0 Å². The number of nitrogens with two attached hydrogens (primary N) is 1. The van der Waals surface area contributed by atoms with Gasteiger partial charge in [0.25, 0.3) is 0 Å². The van der Waals surface area contributed by atoms with E-state index in [2.05, 4.69) is 34.4 Å². The predicted molar refractivity (Wildman–Crippen MR) is 81.3 cm³/mol. The van der Waals surface area contributed by atoms with Crippen LogP contribution in [0.2, 0.25) is 0 Å². The fraction of sp³-hybridized carbons (Fsp3) is 0.667. The highest BCUT2D eigenvalue weighted by Crippen LogP contribution is 2.12. The second-order valence-corrected chi connectivity index (χ2v) is 6.26. The van der Waals surface area contributed by atoms with Gasteiger partial charge in [-0.3, -0.25) is 0 Å². The minimum Gasteiger partial charge on any atom is -0.370 e. The average Bonchev–Trinajstić information content (AvgIpc) is 2.35. The maximum Gasteiger partial charge on any atom is 0.210 e. The number of hydrogen-bond acceptors (Lipinski definition) is 6. The maximum atomic E-state index is 10.9. The molecule has 0 saturated heterocycles. The number of aromatic nitrogens is 2. The average molecular weight is 301 g/mol. The van der Waals surface area contributed by atoms with Crippen LogP contribution in [-0.4, -0.2) is 37.2 Å². The molecule has 1 rings (SSSR count). The van der Waals surface area contributed by atoms with E-state index in [-0.39, 0.29) is 12.3 Å². The minimum absolute atomic E-state index is 0.127. The van der Waals surface area contributed by atoms with E-state index < -0.39 is 10.0 Å². The Bertz CT molecular complexity index is 519. The van der Waals surface area contributed by atoms with Gasteiger partial charge in [-0.2, -0.15) is 0 Å². The summed E-state index contributed by atoms with van der Waals surface area (Å²) in [5.74, 6) is 1.98. The first-order valence-corrected chi connectivity index (χ1v) is 8.52. The van der Waals surface area contributed by atoms with Crippen LogP contribution in [0.5, 0.6) is 0 Å². The van der Waals surface area contributed by atoms with Crippen molar-refractivity contribution in [2.24, 2.45) is 5.14 Å². The Morgan fingerprint density at radius 1 is 1.10 bits per heavy atom. The number of primary sulfonamides is 1. The van der Waals surface area contributed by atoms with Crippen molar-refractivity contribution in [3.05, 3.63) is 11.9 Å². The molecule has 1 aromatic heterocycles. The highest BCUT2D eigenvalue weighted by atomic mass is 32.2. The molecule has 114 valence electrons. The van der Waals surface area contributed by atoms with Gasteiger partial charge in [0, 0.05) is 25.6 Å². The van der Waals surface area contributed by atoms with Gasteiger partial charge in [0.1, 0.15) is 17.5 Å². The molecular weight excluding hydrogens is 278 g/mol. The van der Waals surface area contributed by atoms with Crippen LogP contribution in [-0.2, 0) is 16.4 Å². The Balaban J connectivity index is 2.74. The molecule has 20 heavy (non-hydrogen) atoms. The Morgan fingerprint density at radius 2 is 1.70 bits per heavy atom. The molecule has 0 bridgehead atoms. The zero-order valence-electron chi connectivity index (χ0n) is 12.0. The van der Waals surface area contributed by atoms with Crippen molar-refractivity contribution in [3.63, 3.8) is 0 Å². The number of sulfonamides is 1. The molecule has 0 aliphatic heterocycles. The third-order valence-electron chi connectivity index (χ3n) is 2.49.